The third-order valence-corrected chi connectivity index (χ3v) is 8.29. The third kappa shape index (κ3) is 5.11. The summed E-state index contributed by atoms with van der Waals surface area (Å²) in [5, 5.41) is 2.71. The number of amides is 3. The van der Waals surface area contributed by atoms with Gasteiger partial charge in [-0.25, -0.2) is 8.42 Å². The number of carbonyl (C=O) groups excluding carboxylic acids is 3. The maximum atomic E-state index is 12.5. The highest BCUT2D eigenvalue weighted by Gasteiger charge is 2.46. The molecule has 1 aromatic carbocycles. The van der Waals surface area contributed by atoms with Gasteiger partial charge in [-0.2, -0.15) is 4.31 Å². The van der Waals surface area contributed by atoms with Crippen molar-refractivity contribution < 1.29 is 27.5 Å². The Balaban J connectivity index is 1.17. The molecule has 2 aliphatic heterocycles. The molecule has 33 heavy (non-hydrogen) atoms. The second kappa shape index (κ2) is 10.0. The first-order valence-corrected chi connectivity index (χ1v) is 12.8. The molecule has 2 heterocycles. The fourth-order valence-corrected chi connectivity index (χ4v) is 6.05. The zero-order valence-corrected chi connectivity index (χ0v) is 19.3. The fourth-order valence-electron chi connectivity index (χ4n) is 4.54. The maximum Gasteiger partial charge on any atom is 0.243 e. The number of hydrogen-bond donors (Lipinski definition) is 1. The molecule has 2 atom stereocenters. The van der Waals surface area contributed by atoms with Crippen LogP contribution in [0.2, 0.25) is 0 Å². The summed E-state index contributed by atoms with van der Waals surface area (Å²) in [6.07, 6.45) is 6.85. The molecule has 2 fully saturated rings. The quantitative estimate of drug-likeness (QED) is 0.327. The van der Waals surface area contributed by atoms with Crippen LogP contribution in [0, 0.1) is 11.8 Å². The number of allylic oxidation sites excluding steroid dienone is 2. The predicted molar refractivity (Wildman–Crippen MR) is 120 cm³/mol. The molecule has 9 nitrogen and oxygen atoms in total. The van der Waals surface area contributed by atoms with E-state index in [0.717, 1.165) is 12.8 Å². The normalized spacial score (nSPS) is 23.1. The molecule has 1 N–H and O–H groups in total. The van der Waals surface area contributed by atoms with Crippen LogP contribution in [0.25, 0.3) is 0 Å². The highest BCUT2D eigenvalue weighted by Crippen LogP contribution is 2.35. The summed E-state index contributed by atoms with van der Waals surface area (Å²) in [5.41, 5.74) is 0. The van der Waals surface area contributed by atoms with Crippen molar-refractivity contribution in [2.75, 3.05) is 32.8 Å². The number of rotatable bonds is 9. The van der Waals surface area contributed by atoms with Gasteiger partial charge >= 0.3 is 0 Å². The highest BCUT2D eigenvalue weighted by molar-refractivity contribution is 7.89. The van der Waals surface area contributed by atoms with Gasteiger partial charge in [0.25, 0.3) is 0 Å². The van der Waals surface area contributed by atoms with Crippen LogP contribution in [0.1, 0.15) is 32.1 Å². The number of carbonyl (C=O) groups is 3. The first-order chi connectivity index (χ1) is 15.9. The molecule has 178 valence electrons. The number of ether oxygens (including phenoxy) is 1. The van der Waals surface area contributed by atoms with E-state index in [0.29, 0.717) is 31.7 Å². The number of sulfonamides is 1. The molecule has 0 unspecified atom stereocenters. The lowest BCUT2D eigenvalue weighted by Crippen LogP contribution is -2.36. The van der Waals surface area contributed by atoms with E-state index in [1.54, 1.807) is 12.1 Å². The van der Waals surface area contributed by atoms with Crippen LogP contribution < -0.4 is 10.1 Å². The van der Waals surface area contributed by atoms with E-state index in [4.69, 9.17) is 4.74 Å². The largest absolute Gasteiger partial charge is 0.492 e. The van der Waals surface area contributed by atoms with Crippen molar-refractivity contribution in [3.8, 4) is 5.75 Å². The summed E-state index contributed by atoms with van der Waals surface area (Å²) in [6, 6.07) is 6.25. The van der Waals surface area contributed by atoms with Crippen molar-refractivity contribution in [3.63, 3.8) is 0 Å². The van der Waals surface area contributed by atoms with Gasteiger partial charge in [0, 0.05) is 26.1 Å². The number of imide groups is 1. The Morgan fingerprint density at radius 1 is 1.00 bits per heavy atom. The second-order valence-electron chi connectivity index (χ2n) is 8.51. The van der Waals surface area contributed by atoms with Gasteiger partial charge in [-0.05, 0) is 49.9 Å². The molecular formula is C23H29N3O6S. The molecule has 4 rings (SSSR count). The average molecular weight is 476 g/mol. The van der Waals surface area contributed by atoms with Crippen LogP contribution in [0.3, 0.4) is 0 Å². The van der Waals surface area contributed by atoms with Crippen molar-refractivity contribution in [1.82, 2.24) is 14.5 Å². The number of benzene rings is 1. The highest BCUT2D eigenvalue weighted by atomic mass is 32.2. The molecule has 1 aromatic rings. The molecule has 0 radical (unpaired) electrons. The van der Waals surface area contributed by atoms with Crippen LogP contribution >= 0.6 is 0 Å². The Morgan fingerprint density at radius 3 is 2.21 bits per heavy atom. The monoisotopic (exact) mass is 475 g/mol. The van der Waals surface area contributed by atoms with Crippen molar-refractivity contribution in [1.29, 1.82) is 0 Å². The van der Waals surface area contributed by atoms with E-state index >= 15 is 0 Å². The summed E-state index contributed by atoms with van der Waals surface area (Å²) in [6.45, 7) is 1.66. The zero-order chi connectivity index (χ0) is 23.4. The van der Waals surface area contributed by atoms with E-state index in [2.05, 4.69) is 5.32 Å². The van der Waals surface area contributed by atoms with Gasteiger partial charge in [-0.1, -0.05) is 12.2 Å². The average Bonchev–Trinajstić information content (AvgIpc) is 3.45. The first kappa shape index (κ1) is 23.4. The Hall–Kier alpha value is -2.72. The third-order valence-electron chi connectivity index (χ3n) is 6.38. The lowest BCUT2D eigenvalue weighted by atomic mass is 9.85. The van der Waals surface area contributed by atoms with Gasteiger partial charge in [0.2, 0.25) is 27.7 Å². The van der Waals surface area contributed by atoms with Gasteiger partial charge < -0.3 is 10.1 Å². The summed E-state index contributed by atoms with van der Waals surface area (Å²) >= 11 is 0. The fraction of sp³-hybridized carbons (Fsp3) is 0.522. The summed E-state index contributed by atoms with van der Waals surface area (Å²) in [7, 11) is -3.45. The van der Waals surface area contributed by atoms with Crippen LogP contribution in [0.4, 0.5) is 0 Å². The number of likely N-dealkylation sites (tertiary alicyclic amines) is 1. The van der Waals surface area contributed by atoms with E-state index < -0.39 is 10.0 Å². The standard InChI is InChI=1S/C23H29N3O6S/c27-21(11-15-26-22(28)19-5-1-2-6-20(19)23(26)29)24-12-16-32-17-7-9-18(10-8-17)33(30,31)25-13-3-4-14-25/h1-2,7-10,19-20H,3-6,11-16H2,(H,24,27)/t19-,20+. The molecule has 3 aliphatic rings. The van der Waals surface area contributed by atoms with Crippen LogP contribution in [-0.2, 0) is 24.4 Å². The molecular weight excluding hydrogens is 446 g/mol. The van der Waals surface area contributed by atoms with E-state index in [-0.39, 0.29) is 60.6 Å². The summed E-state index contributed by atoms with van der Waals surface area (Å²) in [5.74, 6) is -0.680. The minimum absolute atomic E-state index is 0.0490. The SMILES string of the molecule is O=C(CCN1C(=O)[C@H]2CC=CC[C@H]2C1=O)NCCOc1ccc(S(=O)(=O)N2CCCC2)cc1. The van der Waals surface area contributed by atoms with Crippen molar-refractivity contribution in [2.45, 2.75) is 37.0 Å². The number of fused-ring (bicyclic) bond motifs is 1. The number of hydrogen-bond acceptors (Lipinski definition) is 6. The Labute approximate surface area is 193 Å². The Bertz CT molecular complexity index is 1000. The van der Waals surface area contributed by atoms with Crippen molar-refractivity contribution in [2.24, 2.45) is 11.8 Å². The van der Waals surface area contributed by atoms with Crippen LogP contribution in [0.15, 0.2) is 41.3 Å². The molecule has 3 amide bonds. The van der Waals surface area contributed by atoms with Gasteiger partial charge in [0.05, 0.1) is 23.3 Å². The number of nitrogens with one attached hydrogen (secondary N) is 1. The smallest absolute Gasteiger partial charge is 0.243 e. The van der Waals surface area contributed by atoms with Gasteiger partial charge in [0.1, 0.15) is 12.4 Å². The summed E-state index contributed by atoms with van der Waals surface area (Å²) < 4.78 is 32.2. The molecule has 0 bridgehead atoms. The van der Waals surface area contributed by atoms with Gasteiger partial charge in [0.15, 0.2) is 0 Å². The van der Waals surface area contributed by atoms with Crippen molar-refractivity contribution in [3.05, 3.63) is 36.4 Å². The van der Waals surface area contributed by atoms with Crippen LogP contribution in [0.5, 0.6) is 5.75 Å². The minimum atomic E-state index is -3.45. The molecule has 2 saturated heterocycles. The Kier molecular flexibility index (Phi) is 7.14. The lowest BCUT2D eigenvalue weighted by Gasteiger charge is -2.16. The zero-order valence-electron chi connectivity index (χ0n) is 18.4. The topological polar surface area (TPSA) is 113 Å². The Morgan fingerprint density at radius 2 is 1.61 bits per heavy atom. The van der Waals surface area contributed by atoms with Gasteiger partial charge in [-0.3, -0.25) is 19.3 Å². The molecule has 0 aromatic heterocycles. The lowest BCUT2D eigenvalue weighted by molar-refractivity contribution is -0.140. The molecule has 1 aliphatic carbocycles. The molecule has 10 heteroatoms. The van der Waals surface area contributed by atoms with Gasteiger partial charge in [-0.15, -0.1) is 0 Å². The van der Waals surface area contributed by atoms with E-state index in [9.17, 15) is 22.8 Å². The molecule has 0 spiro atoms. The van der Waals surface area contributed by atoms with Crippen LogP contribution in [-0.4, -0.2) is 68.1 Å². The maximum absolute atomic E-state index is 12.5. The second-order valence-corrected chi connectivity index (χ2v) is 10.5. The number of nitrogens with zero attached hydrogens (tertiary/aromatic N) is 2. The predicted octanol–water partition coefficient (Wildman–Crippen LogP) is 1.31. The first-order valence-electron chi connectivity index (χ1n) is 11.4. The van der Waals surface area contributed by atoms with E-state index in [1.165, 1.54) is 21.3 Å². The minimum Gasteiger partial charge on any atom is -0.492 e. The summed E-state index contributed by atoms with van der Waals surface area (Å²) in [4.78, 5) is 38.4. The van der Waals surface area contributed by atoms with E-state index in [1.807, 2.05) is 12.2 Å². The molecule has 0 saturated carbocycles. The van der Waals surface area contributed by atoms with Crippen molar-refractivity contribution >= 4 is 27.7 Å².